The van der Waals surface area contributed by atoms with Gasteiger partial charge >= 0.3 is 12.2 Å². The Morgan fingerprint density at radius 1 is 0.696 bits per heavy atom. The summed E-state index contributed by atoms with van der Waals surface area (Å²) < 4.78 is 22.2. The van der Waals surface area contributed by atoms with Gasteiger partial charge in [0.05, 0.1) is 18.2 Å². The highest BCUT2D eigenvalue weighted by molar-refractivity contribution is 5.68. The first kappa shape index (κ1) is 42.0. The fourth-order valence-corrected chi connectivity index (χ4v) is 6.39. The van der Waals surface area contributed by atoms with E-state index >= 15 is 0 Å². The molecule has 2 aliphatic rings. The molecule has 0 radical (unpaired) electrons. The Morgan fingerprint density at radius 2 is 1.20 bits per heavy atom. The number of aliphatic hydroxyl groups excluding tert-OH is 1. The third-order valence-corrected chi connectivity index (χ3v) is 9.40. The van der Waals surface area contributed by atoms with Crippen LogP contribution in [0.25, 0.3) is 0 Å². The fourth-order valence-electron chi connectivity index (χ4n) is 6.39. The minimum atomic E-state index is -0.997. The van der Waals surface area contributed by atoms with Crippen LogP contribution < -0.4 is 9.47 Å². The maximum atomic E-state index is 12.2. The summed E-state index contributed by atoms with van der Waals surface area (Å²) in [5, 5.41) is 21.6. The van der Waals surface area contributed by atoms with Gasteiger partial charge in [0.2, 0.25) is 11.8 Å². The highest BCUT2D eigenvalue weighted by Gasteiger charge is 2.37. The summed E-state index contributed by atoms with van der Waals surface area (Å²) in [7, 11) is 0. The molecule has 2 saturated heterocycles. The van der Waals surface area contributed by atoms with Crippen LogP contribution >= 0.6 is 0 Å². The number of hydrogen-bond acceptors (Lipinski definition) is 10. The van der Waals surface area contributed by atoms with E-state index in [2.05, 4.69) is 9.97 Å². The van der Waals surface area contributed by atoms with E-state index in [4.69, 9.17) is 18.9 Å². The van der Waals surface area contributed by atoms with E-state index in [-0.39, 0.29) is 24.6 Å². The zero-order chi connectivity index (χ0) is 40.3. The molecule has 2 fully saturated rings. The smallest absolute Gasteiger partial charge is 0.410 e. The molecule has 4 aromatic rings. The molecule has 56 heavy (non-hydrogen) atoms. The van der Waals surface area contributed by atoms with Gasteiger partial charge in [0, 0.05) is 55.6 Å². The molecule has 4 heterocycles. The Balaban J connectivity index is 0.000000214. The summed E-state index contributed by atoms with van der Waals surface area (Å²) in [6.07, 6.45) is 3.58. The Morgan fingerprint density at radius 3 is 1.64 bits per heavy atom. The van der Waals surface area contributed by atoms with Crippen molar-refractivity contribution < 1.29 is 38.7 Å². The van der Waals surface area contributed by atoms with E-state index in [1.165, 1.54) is 0 Å². The largest absolute Gasteiger partial charge is 0.473 e. The predicted molar refractivity (Wildman–Crippen MR) is 212 cm³/mol. The average molecular weight is 769 g/mol. The van der Waals surface area contributed by atoms with Gasteiger partial charge in [0.1, 0.15) is 24.4 Å². The lowest BCUT2D eigenvalue weighted by Crippen LogP contribution is -2.47. The minimum Gasteiger partial charge on any atom is -0.473 e. The lowest BCUT2D eigenvalue weighted by Gasteiger charge is -2.38. The van der Waals surface area contributed by atoms with Crippen LogP contribution in [0.3, 0.4) is 0 Å². The van der Waals surface area contributed by atoms with Gasteiger partial charge in [-0.1, -0.05) is 66.7 Å². The van der Waals surface area contributed by atoms with Crippen molar-refractivity contribution in [1.82, 2.24) is 19.8 Å². The molecule has 0 aliphatic carbocycles. The number of likely N-dealkylation sites (tertiary alicyclic amines) is 2. The topological polar surface area (TPSA) is 144 Å². The number of rotatable bonds is 8. The Hall–Kier alpha value is -5.20. The van der Waals surface area contributed by atoms with Gasteiger partial charge in [-0.05, 0) is 83.6 Å². The standard InChI is InChI=1S/2C22H28N2O4/c1-21(2,3)28-20(25)24-13-11-22(26,12-14-24)18-9-10-19(23-15-18)27-16-17-7-5-4-6-8-17;1-22(2,3)28-21(26)24-12-11-18(19(25)14-24)17-9-10-20(23-13-17)27-15-16-7-5-4-6-8-16/h4-10,15,26H,11-14,16H2,1-3H3;4-10,13,18-19,25H,11-12,14-15H2,1-3H3/t;18-,19+/m.1/s1. The third-order valence-electron chi connectivity index (χ3n) is 9.40. The molecule has 2 aromatic heterocycles. The number of piperidine rings is 2. The Labute approximate surface area is 330 Å². The molecule has 0 spiro atoms. The van der Waals surface area contributed by atoms with E-state index < -0.39 is 22.9 Å². The second-order valence-corrected chi connectivity index (χ2v) is 16.3. The number of benzene rings is 2. The normalized spacial score (nSPS) is 18.2. The molecule has 2 aromatic carbocycles. The lowest BCUT2D eigenvalue weighted by atomic mass is 9.85. The van der Waals surface area contributed by atoms with Crippen LogP contribution in [-0.4, -0.2) is 85.7 Å². The number of ether oxygens (including phenoxy) is 4. The van der Waals surface area contributed by atoms with Crippen LogP contribution in [0.2, 0.25) is 0 Å². The Bertz CT molecular complexity index is 1820. The second-order valence-electron chi connectivity index (χ2n) is 16.3. The van der Waals surface area contributed by atoms with E-state index in [9.17, 15) is 19.8 Å². The number of pyridine rings is 2. The molecular weight excluding hydrogens is 713 g/mol. The van der Waals surface area contributed by atoms with Crippen LogP contribution in [-0.2, 0) is 28.3 Å². The highest BCUT2D eigenvalue weighted by atomic mass is 16.6. The SMILES string of the molecule is CC(C)(C)OC(=O)N1CCC(O)(c2ccc(OCc3ccccc3)nc2)CC1.CC(C)(C)OC(=O)N1CC[C@H](c2ccc(OCc3ccccc3)nc2)[C@@H](O)C1. The zero-order valence-electron chi connectivity index (χ0n) is 33.4. The molecule has 12 nitrogen and oxygen atoms in total. The summed E-state index contributed by atoms with van der Waals surface area (Å²) in [6.45, 7) is 13.6. The summed E-state index contributed by atoms with van der Waals surface area (Å²) in [4.78, 5) is 36.3. The summed E-state index contributed by atoms with van der Waals surface area (Å²) in [5.41, 5.74) is 1.78. The van der Waals surface area contributed by atoms with Gasteiger partial charge in [-0.15, -0.1) is 0 Å². The van der Waals surface area contributed by atoms with Gasteiger partial charge in [-0.2, -0.15) is 0 Å². The summed E-state index contributed by atoms with van der Waals surface area (Å²) in [6, 6.07) is 27.2. The maximum Gasteiger partial charge on any atom is 0.410 e. The molecule has 2 amide bonds. The molecule has 0 unspecified atom stereocenters. The van der Waals surface area contributed by atoms with Crippen molar-refractivity contribution in [3.63, 3.8) is 0 Å². The van der Waals surface area contributed by atoms with Crippen molar-refractivity contribution in [2.45, 2.75) is 103 Å². The third kappa shape index (κ3) is 12.7. The maximum absolute atomic E-state index is 12.2. The fraction of sp³-hybridized carbons (Fsp3) is 0.455. The van der Waals surface area contributed by atoms with Crippen LogP contribution in [0.1, 0.15) is 89.0 Å². The van der Waals surface area contributed by atoms with Gasteiger partial charge in [0.15, 0.2) is 0 Å². The number of β-amino-alcohol motifs (C(OH)–C–C–N with tert-alkyl or cyclic N) is 1. The van der Waals surface area contributed by atoms with Crippen LogP contribution in [0.15, 0.2) is 97.3 Å². The van der Waals surface area contributed by atoms with E-state index in [1.54, 1.807) is 28.3 Å². The lowest BCUT2D eigenvalue weighted by molar-refractivity contribution is -0.0358. The number of aromatic nitrogens is 2. The molecule has 2 aliphatic heterocycles. The average Bonchev–Trinajstić information content (AvgIpc) is 3.17. The summed E-state index contributed by atoms with van der Waals surface area (Å²) in [5.74, 6) is 1.00. The van der Waals surface area contributed by atoms with Crippen molar-refractivity contribution in [2.24, 2.45) is 0 Å². The van der Waals surface area contributed by atoms with Gasteiger partial charge in [0.25, 0.3) is 0 Å². The van der Waals surface area contributed by atoms with Crippen LogP contribution in [0, 0.1) is 0 Å². The van der Waals surface area contributed by atoms with Gasteiger partial charge in [-0.25, -0.2) is 19.6 Å². The first-order valence-corrected chi connectivity index (χ1v) is 19.2. The van der Waals surface area contributed by atoms with Gasteiger partial charge < -0.3 is 39.0 Å². The molecule has 0 saturated carbocycles. The number of nitrogens with zero attached hydrogens (tertiary/aromatic N) is 4. The van der Waals surface area contributed by atoms with E-state index in [0.717, 1.165) is 22.3 Å². The first-order valence-electron chi connectivity index (χ1n) is 19.2. The van der Waals surface area contributed by atoms with Crippen LogP contribution in [0.5, 0.6) is 11.8 Å². The van der Waals surface area contributed by atoms with E-state index in [0.29, 0.717) is 63.9 Å². The number of aliphatic hydroxyl groups is 2. The number of amides is 2. The quantitative estimate of drug-likeness (QED) is 0.184. The van der Waals surface area contributed by atoms with Crippen molar-refractivity contribution in [3.8, 4) is 11.8 Å². The molecular formula is C44H56N4O8. The molecule has 0 bridgehead atoms. The monoisotopic (exact) mass is 768 g/mol. The van der Waals surface area contributed by atoms with Crippen molar-refractivity contribution in [1.29, 1.82) is 0 Å². The summed E-state index contributed by atoms with van der Waals surface area (Å²) >= 11 is 0. The van der Waals surface area contributed by atoms with E-state index in [1.807, 2.05) is 120 Å². The molecule has 300 valence electrons. The molecule has 2 N–H and O–H groups in total. The van der Waals surface area contributed by atoms with Crippen LogP contribution in [0.4, 0.5) is 9.59 Å². The predicted octanol–water partition coefficient (Wildman–Crippen LogP) is 7.63. The molecule has 2 atom stereocenters. The number of carbonyl (C=O) groups is 2. The van der Waals surface area contributed by atoms with Crippen molar-refractivity contribution in [3.05, 3.63) is 120 Å². The second kappa shape index (κ2) is 18.6. The van der Waals surface area contributed by atoms with Gasteiger partial charge in [-0.3, -0.25) is 0 Å². The molecule has 12 heteroatoms. The molecule has 6 rings (SSSR count). The highest BCUT2D eigenvalue weighted by Crippen LogP contribution is 2.34. The van der Waals surface area contributed by atoms with Crippen molar-refractivity contribution >= 4 is 12.2 Å². The zero-order valence-corrected chi connectivity index (χ0v) is 33.4. The first-order chi connectivity index (χ1) is 26.6. The van der Waals surface area contributed by atoms with Crippen molar-refractivity contribution in [2.75, 3.05) is 26.2 Å². The Kier molecular flexibility index (Phi) is 14.0. The number of hydrogen-bond donors (Lipinski definition) is 2. The minimum absolute atomic E-state index is 0.0608. The number of carbonyl (C=O) groups excluding carboxylic acids is 2.